The van der Waals surface area contributed by atoms with Crippen LogP contribution in [0.2, 0.25) is 10.0 Å². The van der Waals surface area contributed by atoms with Crippen LogP contribution in [0.5, 0.6) is 0 Å². The Bertz CT molecular complexity index is 983. The number of nitrogens with zero attached hydrogens (tertiary/aromatic N) is 1. The summed E-state index contributed by atoms with van der Waals surface area (Å²) < 4.78 is 0. The molecule has 3 rings (SSSR count). The number of aliphatic hydroxyl groups is 1. The number of aliphatic hydroxyl groups excluding tert-OH is 1. The van der Waals surface area contributed by atoms with Gasteiger partial charge in [0.25, 0.3) is 11.7 Å². The third-order valence-electron chi connectivity index (χ3n) is 4.63. The zero-order valence-electron chi connectivity index (χ0n) is 15.1. The molecule has 1 amide bonds. The van der Waals surface area contributed by atoms with Gasteiger partial charge in [0, 0.05) is 28.6 Å². The second kappa shape index (κ2) is 8.68. The summed E-state index contributed by atoms with van der Waals surface area (Å²) >= 11 is 11.8. The first-order chi connectivity index (χ1) is 13.8. The zero-order valence-corrected chi connectivity index (χ0v) is 16.7. The molecule has 2 N–H and O–H groups in total. The molecule has 2 aromatic rings. The van der Waals surface area contributed by atoms with Crippen molar-refractivity contribution in [3.63, 3.8) is 0 Å². The largest absolute Gasteiger partial charge is 0.507 e. The number of rotatable bonds is 6. The number of carboxylic acid groups (broad SMARTS) is 1. The number of hydrogen-bond donors (Lipinski definition) is 2. The number of ketones is 1. The Hall–Kier alpha value is -2.83. The van der Waals surface area contributed by atoms with Crippen LogP contribution < -0.4 is 0 Å². The van der Waals surface area contributed by atoms with Crippen LogP contribution in [-0.2, 0) is 14.4 Å². The summed E-state index contributed by atoms with van der Waals surface area (Å²) in [5.41, 5.74) is 0.867. The van der Waals surface area contributed by atoms with Crippen LogP contribution in [0.4, 0.5) is 0 Å². The van der Waals surface area contributed by atoms with E-state index in [4.69, 9.17) is 28.3 Å². The number of aliphatic carboxylic acids is 1. The Morgan fingerprint density at radius 1 is 0.931 bits per heavy atom. The van der Waals surface area contributed by atoms with Gasteiger partial charge >= 0.3 is 5.97 Å². The van der Waals surface area contributed by atoms with Crippen molar-refractivity contribution in [2.75, 3.05) is 6.54 Å². The van der Waals surface area contributed by atoms with Gasteiger partial charge in [-0.15, -0.1) is 0 Å². The van der Waals surface area contributed by atoms with Gasteiger partial charge in [-0.25, -0.2) is 0 Å². The molecule has 2 aromatic carbocycles. The molecule has 1 fully saturated rings. The molecule has 0 aliphatic carbocycles. The highest BCUT2D eigenvalue weighted by Gasteiger charge is 2.45. The van der Waals surface area contributed by atoms with Gasteiger partial charge in [-0.2, -0.15) is 0 Å². The van der Waals surface area contributed by atoms with E-state index in [0.717, 1.165) is 0 Å². The van der Waals surface area contributed by atoms with Crippen LogP contribution >= 0.6 is 23.2 Å². The van der Waals surface area contributed by atoms with E-state index < -0.39 is 23.7 Å². The van der Waals surface area contributed by atoms with Crippen molar-refractivity contribution in [2.45, 2.75) is 18.9 Å². The molecule has 6 nitrogen and oxygen atoms in total. The summed E-state index contributed by atoms with van der Waals surface area (Å²) in [6.45, 7) is 0.0571. The fourth-order valence-electron chi connectivity index (χ4n) is 3.27. The Morgan fingerprint density at radius 2 is 1.48 bits per heavy atom. The third-order valence-corrected chi connectivity index (χ3v) is 5.14. The van der Waals surface area contributed by atoms with Crippen molar-refractivity contribution >= 4 is 46.6 Å². The molecule has 0 aromatic heterocycles. The van der Waals surface area contributed by atoms with Gasteiger partial charge in [-0.1, -0.05) is 35.3 Å². The number of benzene rings is 2. The van der Waals surface area contributed by atoms with Gasteiger partial charge in [0.2, 0.25) is 0 Å². The van der Waals surface area contributed by atoms with E-state index in [1.54, 1.807) is 48.5 Å². The Balaban J connectivity index is 2.08. The Morgan fingerprint density at radius 3 is 2.03 bits per heavy atom. The minimum absolute atomic E-state index is 0.0571. The van der Waals surface area contributed by atoms with E-state index in [9.17, 15) is 19.5 Å². The van der Waals surface area contributed by atoms with Crippen LogP contribution in [0.1, 0.15) is 30.0 Å². The molecular formula is C21H17Cl2NO5. The molecular weight excluding hydrogens is 417 g/mol. The van der Waals surface area contributed by atoms with E-state index in [1.807, 2.05) is 0 Å². The van der Waals surface area contributed by atoms with Crippen molar-refractivity contribution in [3.05, 3.63) is 75.3 Å². The normalized spacial score (nSPS) is 18.3. The zero-order chi connectivity index (χ0) is 21.1. The Kier molecular flexibility index (Phi) is 6.25. The van der Waals surface area contributed by atoms with Gasteiger partial charge in [0.15, 0.2) is 0 Å². The molecule has 1 unspecified atom stereocenters. The highest BCUT2D eigenvalue weighted by molar-refractivity contribution is 6.46. The van der Waals surface area contributed by atoms with Crippen molar-refractivity contribution in [1.29, 1.82) is 0 Å². The summed E-state index contributed by atoms with van der Waals surface area (Å²) in [6.07, 6.45) is 0.0287. The molecule has 1 aliphatic rings. The maximum absolute atomic E-state index is 12.8. The number of hydrogen-bond acceptors (Lipinski definition) is 4. The molecule has 1 aliphatic heterocycles. The summed E-state index contributed by atoms with van der Waals surface area (Å²) in [7, 11) is 0. The lowest BCUT2D eigenvalue weighted by Gasteiger charge is -2.25. The average molecular weight is 434 g/mol. The molecule has 0 radical (unpaired) electrons. The molecule has 0 saturated carbocycles. The lowest BCUT2D eigenvalue weighted by Crippen LogP contribution is -2.31. The number of Topliss-reactive ketones (excluding diaryl/α,β-unsaturated/α-hetero) is 1. The SMILES string of the molecule is O=C(O)CCCN1C(=O)C(=O)/C(=C(\O)c2ccc(Cl)cc2)C1c1ccc(Cl)cc1. The number of carbonyl (C=O) groups is 3. The second-order valence-corrected chi connectivity index (χ2v) is 7.42. The lowest BCUT2D eigenvalue weighted by atomic mass is 9.95. The number of halogens is 2. The maximum Gasteiger partial charge on any atom is 0.303 e. The van der Waals surface area contributed by atoms with E-state index >= 15 is 0 Å². The molecule has 29 heavy (non-hydrogen) atoms. The van der Waals surface area contributed by atoms with Gasteiger partial charge < -0.3 is 15.1 Å². The van der Waals surface area contributed by atoms with Crippen LogP contribution in [0.25, 0.3) is 5.76 Å². The topological polar surface area (TPSA) is 94.9 Å². The smallest absolute Gasteiger partial charge is 0.303 e. The molecule has 150 valence electrons. The monoisotopic (exact) mass is 433 g/mol. The second-order valence-electron chi connectivity index (χ2n) is 6.55. The predicted octanol–water partition coefficient (Wildman–Crippen LogP) is 4.28. The predicted molar refractivity (Wildman–Crippen MR) is 109 cm³/mol. The summed E-state index contributed by atoms with van der Waals surface area (Å²) in [5, 5.41) is 20.7. The number of carbonyl (C=O) groups excluding carboxylic acids is 2. The quantitative estimate of drug-likeness (QED) is 0.402. The van der Waals surface area contributed by atoms with Crippen LogP contribution in [0.3, 0.4) is 0 Å². The van der Waals surface area contributed by atoms with Gasteiger partial charge in [0.05, 0.1) is 11.6 Å². The minimum atomic E-state index is -0.995. The van der Waals surface area contributed by atoms with Gasteiger partial charge in [-0.05, 0) is 48.4 Å². The molecule has 0 bridgehead atoms. The van der Waals surface area contributed by atoms with Crippen molar-refractivity contribution < 1.29 is 24.6 Å². The molecule has 8 heteroatoms. The molecule has 1 heterocycles. The average Bonchev–Trinajstić information content (AvgIpc) is 2.93. The number of carboxylic acids is 1. The first-order valence-corrected chi connectivity index (χ1v) is 9.57. The van der Waals surface area contributed by atoms with Crippen molar-refractivity contribution in [1.82, 2.24) is 4.90 Å². The standard InChI is InChI=1S/C21H17Cl2NO5/c22-14-7-3-12(4-8-14)18-17(19(27)13-5-9-15(23)10-6-13)20(28)21(29)24(18)11-1-2-16(25)26/h3-10,18,27H,1-2,11H2,(H,25,26)/b19-17-. The fourth-order valence-corrected chi connectivity index (χ4v) is 3.52. The lowest BCUT2D eigenvalue weighted by molar-refractivity contribution is -0.140. The van der Waals surface area contributed by atoms with Crippen LogP contribution in [0, 0.1) is 0 Å². The van der Waals surface area contributed by atoms with E-state index in [-0.39, 0.29) is 30.7 Å². The fraction of sp³-hybridized carbons (Fsp3) is 0.190. The van der Waals surface area contributed by atoms with Crippen LogP contribution in [0.15, 0.2) is 54.1 Å². The summed E-state index contributed by atoms with van der Waals surface area (Å²) in [4.78, 5) is 37.6. The van der Waals surface area contributed by atoms with Crippen LogP contribution in [-0.4, -0.2) is 39.3 Å². The molecule has 0 spiro atoms. The van der Waals surface area contributed by atoms with Gasteiger partial charge in [0.1, 0.15) is 5.76 Å². The summed E-state index contributed by atoms with van der Waals surface area (Å²) in [5.74, 6) is -2.93. The number of amides is 1. The summed E-state index contributed by atoms with van der Waals surface area (Å²) in [6, 6.07) is 12.0. The van der Waals surface area contributed by atoms with E-state index in [1.165, 1.54) is 4.90 Å². The van der Waals surface area contributed by atoms with Crippen molar-refractivity contribution in [3.8, 4) is 0 Å². The first kappa shape index (κ1) is 20.9. The van der Waals surface area contributed by atoms with E-state index in [0.29, 0.717) is 21.2 Å². The van der Waals surface area contributed by atoms with Crippen molar-refractivity contribution in [2.24, 2.45) is 0 Å². The third kappa shape index (κ3) is 4.44. The van der Waals surface area contributed by atoms with Gasteiger partial charge in [-0.3, -0.25) is 14.4 Å². The Labute approximate surface area is 177 Å². The maximum atomic E-state index is 12.8. The highest BCUT2D eigenvalue weighted by atomic mass is 35.5. The molecule has 1 saturated heterocycles. The minimum Gasteiger partial charge on any atom is -0.507 e. The van der Waals surface area contributed by atoms with E-state index in [2.05, 4.69) is 0 Å². The molecule has 1 atom stereocenters. The highest BCUT2D eigenvalue weighted by Crippen LogP contribution is 2.39. The first-order valence-electron chi connectivity index (χ1n) is 8.81. The number of likely N-dealkylation sites (tertiary alicyclic amines) is 1.